The predicted octanol–water partition coefficient (Wildman–Crippen LogP) is 5.59. The van der Waals surface area contributed by atoms with Crippen molar-refractivity contribution in [2.45, 2.75) is 18.6 Å². The minimum absolute atomic E-state index is 0.117. The fourth-order valence-electron chi connectivity index (χ4n) is 2.59. The molecule has 0 spiro atoms. The summed E-state index contributed by atoms with van der Waals surface area (Å²) in [6, 6.07) is 13.2. The van der Waals surface area contributed by atoms with Gasteiger partial charge in [0, 0.05) is 27.3 Å². The Labute approximate surface area is 181 Å². The van der Waals surface area contributed by atoms with E-state index in [2.05, 4.69) is 38.0 Å². The van der Waals surface area contributed by atoms with Crippen molar-refractivity contribution in [1.82, 2.24) is 14.8 Å². The lowest BCUT2D eigenvalue weighted by molar-refractivity contribution is -0.113. The van der Waals surface area contributed by atoms with E-state index in [1.54, 1.807) is 18.2 Å². The molecule has 0 unspecified atom stereocenters. The van der Waals surface area contributed by atoms with Crippen molar-refractivity contribution in [2.24, 2.45) is 0 Å². The number of allylic oxidation sites excluding steroid dienone is 1. The molecule has 144 valence electrons. The van der Waals surface area contributed by atoms with Crippen molar-refractivity contribution >= 4 is 50.9 Å². The van der Waals surface area contributed by atoms with Crippen molar-refractivity contribution in [3.8, 4) is 11.4 Å². The zero-order chi connectivity index (χ0) is 20.1. The molecule has 0 aliphatic heterocycles. The highest BCUT2D eigenvalue weighted by atomic mass is 79.9. The van der Waals surface area contributed by atoms with Crippen LogP contribution in [0.25, 0.3) is 11.4 Å². The Morgan fingerprint density at radius 2 is 2.04 bits per heavy atom. The van der Waals surface area contributed by atoms with Crippen molar-refractivity contribution in [3.05, 3.63) is 70.2 Å². The topological polar surface area (TPSA) is 59.8 Å². The van der Waals surface area contributed by atoms with Gasteiger partial charge in [-0.25, -0.2) is 0 Å². The molecule has 1 aromatic heterocycles. The molecule has 28 heavy (non-hydrogen) atoms. The maximum atomic E-state index is 12.4. The summed E-state index contributed by atoms with van der Waals surface area (Å²) in [7, 11) is 0. The molecule has 1 amide bonds. The Morgan fingerprint density at radius 1 is 1.29 bits per heavy atom. The number of hydrogen-bond acceptors (Lipinski definition) is 4. The van der Waals surface area contributed by atoms with E-state index in [0.29, 0.717) is 16.7 Å². The monoisotopic (exact) mass is 476 g/mol. The minimum atomic E-state index is -0.117. The average Bonchev–Trinajstić information content (AvgIpc) is 3.06. The third kappa shape index (κ3) is 5.04. The third-order valence-electron chi connectivity index (χ3n) is 3.93. The first kappa shape index (κ1) is 20.6. The number of aromatic nitrogens is 3. The van der Waals surface area contributed by atoms with Gasteiger partial charge in [0.25, 0.3) is 0 Å². The summed E-state index contributed by atoms with van der Waals surface area (Å²) in [4.78, 5) is 12.4. The molecular weight excluding hydrogens is 460 g/mol. The maximum absolute atomic E-state index is 12.4. The fourth-order valence-corrected chi connectivity index (χ4v) is 3.82. The van der Waals surface area contributed by atoms with Crippen LogP contribution in [-0.2, 0) is 11.3 Å². The highest BCUT2D eigenvalue weighted by Crippen LogP contribution is 2.26. The number of thioether (sulfide) groups is 1. The van der Waals surface area contributed by atoms with Crippen molar-refractivity contribution in [3.63, 3.8) is 0 Å². The minimum Gasteiger partial charge on any atom is -0.325 e. The number of rotatable bonds is 7. The van der Waals surface area contributed by atoms with Gasteiger partial charge in [0.15, 0.2) is 11.0 Å². The van der Waals surface area contributed by atoms with Gasteiger partial charge < -0.3 is 5.32 Å². The van der Waals surface area contributed by atoms with Gasteiger partial charge in [-0.15, -0.1) is 16.8 Å². The number of amides is 1. The second-order valence-corrected chi connectivity index (χ2v) is 8.30. The van der Waals surface area contributed by atoms with Gasteiger partial charge in [0.05, 0.1) is 5.75 Å². The smallest absolute Gasteiger partial charge is 0.234 e. The molecule has 0 aliphatic rings. The molecule has 0 saturated heterocycles. The van der Waals surface area contributed by atoms with Crippen LogP contribution in [0.1, 0.15) is 5.56 Å². The first-order valence-corrected chi connectivity index (χ1v) is 10.6. The van der Waals surface area contributed by atoms with E-state index in [1.165, 1.54) is 11.8 Å². The summed E-state index contributed by atoms with van der Waals surface area (Å²) in [5, 5.41) is 12.8. The normalized spacial score (nSPS) is 10.7. The Bertz CT molecular complexity index is 1000. The summed E-state index contributed by atoms with van der Waals surface area (Å²) >= 11 is 10.7. The summed E-state index contributed by atoms with van der Waals surface area (Å²) in [6.07, 6.45) is 1.78. The Hall–Kier alpha value is -2.09. The van der Waals surface area contributed by atoms with Crippen LogP contribution >= 0.6 is 39.3 Å². The van der Waals surface area contributed by atoms with Crippen LogP contribution in [0.3, 0.4) is 0 Å². The summed E-state index contributed by atoms with van der Waals surface area (Å²) in [6.45, 7) is 6.27. The maximum Gasteiger partial charge on any atom is 0.234 e. The zero-order valence-electron chi connectivity index (χ0n) is 15.2. The van der Waals surface area contributed by atoms with Gasteiger partial charge in [0.1, 0.15) is 0 Å². The van der Waals surface area contributed by atoms with Crippen LogP contribution < -0.4 is 5.32 Å². The molecule has 3 rings (SSSR count). The Morgan fingerprint density at radius 3 is 2.71 bits per heavy atom. The van der Waals surface area contributed by atoms with E-state index in [1.807, 2.05) is 41.8 Å². The number of carbonyl (C=O) groups is 1. The van der Waals surface area contributed by atoms with Gasteiger partial charge in [0.2, 0.25) is 5.91 Å². The second-order valence-electron chi connectivity index (χ2n) is 6.01. The van der Waals surface area contributed by atoms with E-state index in [9.17, 15) is 4.79 Å². The first-order valence-electron chi connectivity index (χ1n) is 8.46. The summed E-state index contributed by atoms with van der Waals surface area (Å²) < 4.78 is 2.94. The highest BCUT2D eigenvalue weighted by Gasteiger charge is 2.15. The molecule has 1 N–H and O–H groups in total. The Balaban J connectivity index is 1.72. The molecule has 0 fully saturated rings. The number of halogens is 2. The molecule has 0 aliphatic carbocycles. The Kier molecular flexibility index (Phi) is 6.93. The molecule has 0 atom stereocenters. The lowest BCUT2D eigenvalue weighted by Crippen LogP contribution is -2.15. The van der Waals surface area contributed by atoms with Crippen LogP contribution in [0.2, 0.25) is 5.02 Å². The highest BCUT2D eigenvalue weighted by molar-refractivity contribution is 9.10. The number of hydrogen-bond donors (Lipinski definition) is 1. The van der Waals surface area contributed by atoms with E-state index < -0.39 is 0 Å². The summed E-state index contributed by atoms with van der Waals surface area (Å²) in [5.41, 5.74) is 2.61. The van der Waals surface area contributed by atoms with E-state index in [4.69, 9.17) is 11.6 Å². The number of nitrogens with zero attached hydrogens (tertiary/aromatic N) is 3. The van der Waals surface area contributed by atoms with Crippen LogP contribution in [0, 0.1) is 6.92 Å². The van der Waals surface area contributed by atoms with E-state index >= 15 is 0 Å². The number of benzene rings is 2. The molecule has 5 nitrogen and oxygen atoms in total. The van der Waals surface area contributed by atoms with E-state index in [0.717, 1.165) is 27.1 Å². The van der Waals surface area contributed by atoms with Crippen molar-refractivity contribution < 1.29 is 4.79 Å². The van der Waals surface area contributed by atoms with Gasteiger partial charge in [-0.3, -0.25) is 9.36 Å². The standard InChI is InChI=1S/C20H18BrClN4OS/c1-3-10-26-19(14-4-6-15(21)7-5-14)24-25-20(26)28-12-18(27)23-17-9-8-16(22)11-13(17)2/h3-9,11H,1,10,12H2,2H3,(H,23,27). The fraction of sp³-hybridized carbons (Fsp3) is 0.150. The molecule has 0 saturated carbocycles. The number of aryl methyl sites for hydroxylation is 1. The van der Waals surface area contributed by atoms with Crippen LogP contribution in [0.15, 0.2) is 64.7 Å². The molecule has 3 aromatic rings. The quantitative estimate of drug-likeness (QED) is 0.356. The van der Waals surface area contributed by atoms with Gasteiger partial charge in [-0.1, -0.05) is 57.5 Å². The van der Waals surface area contributed by atoms with Crippen molar-refractivity contribution in [1.29, 1.82) is 0 Å². The lowest BCUT2D eigenvalue weighted by Gasteiger charge is -2.10. The molecule has 0 radical (unpaired) electrons. The van der Waals surface area contributed by atoms with Gasteiger partial charge in [-0.2, -0.15) is 0 Å². The van der Waals surface area contributed by atoms with Crippen LogP contribution in [0.5, 0.6) is 0 Å². The molecule has 1 heterocycles. The second kappa shape index (κ2) is 9.41. The SMILES string of the molecule is C=CCn1c(SCC(=O)Nc2ccc(Cl)cc2C)nnc1-c1ccc(Br)cc1. The molecule has 0 bridgehead atoms. The van der Waals surface area contributed by atoms with Crippen LogP contribution in [0.4, 0.5) is 5.69 Å². The van der Waals surface area contributed by atoms with E-state index in [-0.39, 0.29) is 11.7 Å². The number of nitrogens with one attached hydrogen (secondary N) is 1. The lowest BCUT2D eigenvalue weighted by atomic mass is 10.2. The molecule has 8 heteroatoms. The number of carbonyl (C=O) groups excluding carboxylic acids is 1. The first-order chi connectivity index (χ1) is 13.5. The summed E-state index contributed by atoms with van der Waals surface area (Å²) in [5.74, 6) is 0.843. The molecule has 2 aromatic carbocycles. The van der Waals surface area contributed by atoms with Gasteiger partial charge in [-0.05, 0) is 42.8 Å². The number of anilines is 1. The zero-order valence-corrected chi connectivity index (χ0v) is 18.3. The van der Waals surface area contributed by atoms with Gasteiger partial charge >= 0.3 is 0 Å². The average molecular weight is 478 g/mol. The van der Waals surface area contributed by atoms with Crippen LogP contribution in [-0.4, -0.2) is 26.4 Å². The molecular formula is C20H18BrClN4OS. The predicted molar refractivity (Wildman–Crippen MR) is 119 cm³/mol. The largest absolute Gasteiger partial charge is 0.325 e. The third-order valence-corrected chi connectivity index (χ3v) is 5.66. The van der Waals surface area contributed by atoms with Crippen molar-refractivity contribution in [2.75, 3.05) is 11.1 Å².